The molecule has 1 unspecified atom stereocenters. The molecular formula is C10H12BrClN2. The summed E-state index contributed by atoms with van der Waals surface area (Å²) in [6.45, 7) is 2.15. The van der Waals surface area contributed by atoms with Gasteiger partial charge < -0.3 is 10.6 Å². The molecule has 0 spiro atoms. The van der Waals surface area contributed by atoms with Crippen LogP contribution in [0.2, 0.25) is 5.02 Å². The average molecular weight is 276 g/mol. The maximum absolute atomic E-state index is 5.91. The molecule has 1 atom stereocenters. The third-order valence-corrected chi connectivity index (χ3v) is 3.56. The Kier molecular flexibility index (Phi) is 3.31. The summed E-state index contributed by atoms with van der Waals surface area (Å²) in [6.07, 6.45) is 1.18. The van der Waals surface area contributed by atoms with Crippen molar-refractivity contribution in [2.75, 3.05) is 18.4 Å². The largest absolute Gasteiger partial charge is 0.381 e. The fourth-order valence-corrected chi connectivity index (χ4v) is 2.10. The summed E-state index contributed by atoms with van der Waals surface area (Å²) in [5.41, 5.74) is 1.12. The van der Waals surface area contributed by atoms with Crippen molar-refractivity contribution < 1.29 is 0 Å². The van der Waals surface area contributed by atoms with E-state index in [1.807, 2.05) is 18.2 Å². The minimum atomic E-state index is 0.545. The van der Waals surface area contributed by atoms with E-state index in [1.54, 1.807) is 0 Å². The van der Waals surface area contributed by atoms with Gasteiger partial charge >= 0.3 is 0 Å². The van der Waals surface area contributed by atoms with Gasteiger partial charge in [0.25, 0.3) is 0 Å². The summed E-state index contributed by atoms with van der Waals surface area (Å²) in [5, 5.41) is 7.53. The number of rotatable bonds is 2. The molecule has 76 valence electrons. The van der Waals surface area contributed by atoms with E-state index >= 15 is 0 Å². The average Bonchev–Trinajstić information content (AvgIpc) is 2.64. The highest BCUT2D eigenvalue weighted by Crippen LogP contribution is 2.26. The standard InChI is InChI=1S/C10H12BrClN2/c11-9-5-7(1-2-10(9)12)14-8-3-4-13-6-8/h1-2,5,8,13-14H,3-4,6H2. The van der Waals surface area contributed by atoms with E-state index in [9.17, 15) is 0 Å². The third-order valence-electron chi connectivity index (χ3n) is 2.35. The van der Waals surface area contributed by atoms with Crippen molar-refractivity contribution in [1.82, 2.24) is 5.32 Å². The van der Waals surface area contributed by atoms with Gasteiger partial charge in [0.05, 0.1) is 5.02 Å². The molecule has 1 aliphatic heterocycles. The van der Waals surface area contributed by atoms with Gasteiger partial charge in [0.1, 0.15) is 0 Å². The van der Waals surface area contributed by atoms with E-state index < -0.39 is 0 Å². The predicted octanol–water partition coefficient (Wildman–Crippen LogP) is 2.88. The SMILES string of the molecule is Clc1ccc(NC2CCNC2)cc1Br. The summed E-state index contributed by atoms with van der Waals surface area (Å²) in [6, 6.07) is 6.46. The lowest BCUT2D eigenvalue weighted by Gasteiger charge is -2.13. The third kappa shape index (κ3) is 2.41. The first kappa shape index (κ1) is 10.3. The second-order valence-corrected chi connectivity index (χ2v) is 4.72. The fourth-order valence-electron chi connectivity index (χ4n) is 1.60. The number of hydrogen-bond donors (Lipinski definition) is 2. The minimum Gasteiger partial charge on any atom is -0.381 e. The number of anilines is 1. The lowest BCUT2D eigenvalue weighted by atomic mass is 10.2. The molecule has 14 heavy (non-hydrogen) atoms. The Morgan fingerprint density at radius 3 is 3.00 bits per heavy atom. The number of benzene rings is 1. The van der Waals surface area contributed by atoms with Crippen LogP contribution in [-0.4, -0.2) is 19.1 Å². The van der Waals surface area contributed by atoms with E-state index in [0.717, 1.165) is 28.3 Å². The van der Waals surface area contributed by atoms with Crippen molar-refractivity contribution in [2.45, 2.75) is 12.5 Å². The van der Waals surface area contributed by atoms with Crippen molar-refractivity contribution in [3.8, 4) is 0 Å². The van der Waals surface area contributed by atoms with E-state index in [0.29, 0.717) is 6.04 Å². The zero-order chi connectivity index (χ0) is 9.97. The summed E-state index contributed by atoms with van der Waals surface area (Å²) in [4.78, 5) is 0. The Morgan fingerprint density at radius 2 is 2.36 bits per heavy atom. The molecular weight excluding hydrogens is 263 g/mol. The molecule has 0 bridgehead atoms. The first-order valence-electron chi connectivity index (χ1n) is 4.68. The highest BCUT2D eigenvalue weighted by molar-refractivity contribution is 9.10. The molecule has 0 aromatic heterocycles. The van der Waals surface area contributed by atoms with Gasteiger partial charge in [-0.15, -0.1) is 0 Å². The topological polar surface area (TPSA) is 24.1 Å². The zero-order valence-electron chi connectivity index (χ0n) is 7.69. The summed E-state index contributed by atoms with van der Waals surface area (Å²) in [5.74, 6) is 0. The second-order valence-electron chi connectivity index (χ2n) is 3.46. The van der Waals surface area contributed by atoms with E-state index in [4.69, 9.17) is 11.6 Å². The van der Waals surface area contributed by atoms with Crippen molar-refractivity contribution in [3.63, 3.8) is 0 Å². The van der Waals surface area contributed by atoms with Gasteiger partial charge in [0.15, 0.2) is 0 Å². The molecule has 1 heterocycles. The molecule has 1 saturated heterocycles. The summed E-state index contributed by atoms with van der Waals surface area (Å²) < 4.78 is 0.940. The van der Waals surface area contributed by atoms with E-state index in [1.165, 1.54) is 6.42 Å². The van der Waals surface area contributed by atoms with Crippen molar-refractivity contribution >= 4 is 33.2 Å². The number of halogens is 2. The molecule has 1 fully saturated rings. The number of nitrogens with one attached hydrogen (secondary N) is 2. The van der Waals surface area contributed by atoms with Crippen molar-refractivity contribution in [2.24, 2.45) is 0 Å². The number of hydrogen-bond acceptors (Lipinski definition) is 2. The van der Waals surface area contributed by atoms with Crippen LogP contribution in [0, 0.1) is 0 Å². The Labute approximate surface area is 97.2 Å². The van der Waals surface area contributed by atoms with Gasteiger partial charge in [-0.1, -0.05) is 11.6 Å². The van der Waals surface area contributed by atoms with Crippen LogP contribution in [0.4, 0.5) is 5.69 Å². The van der Waals surface area contributed by atoms with E-state index in [2.05, 4.69) is 26.6 Å². The molecule has 2 rings (SSSR count). The molecule has 4 heteroatoms. The van der Waals surface area contributed by atoms with Crippen LogP contribution in [-0.2, 0) is 0 Å². The Hall–Kier alpha value is -0.250. The van der Waals surface area contributed by atoms with Gasteiger partial charge in [0, 0.05) is 22.7 Å². The molecule has 0 aliphatic carbocycles. The Bertz CT molecular complexity index is 324. The predicted molar refractivity (Wildman–Crippen MR) is 64.0 cm³/mol. The van der Waals surface area contributed by atoms with E-state index in [-0.39, 0.29) is 0 Å². The van der Waals surface area contributed by atoms with Crippen LogP contribution < -0.4 is 10.6 Å². The van der Waals surface area contributed by atoms with Crippen LogP contribution in [0.5, 0.6) is 0 Å². The Balaban J connectivity index is 2.05. The molecule has 2 nitrogen and oxygen atoms in total. The molecule has 1 aromatic rings. The fraction of sp³-hybridized carbons (Fsp3) is 0.400. The maximum atomic E-state index is 5.91. The highest BCUT2D eigenvalue weighted by atomic mass is 79.9. The molecule has 0 amide bonds. The van der Waals surface area contributed by atoms with Crippen LogP contribution in [0.3, 0.4) is 0 Å². The van der Waals surface area contributed by atoms with Gasteiger partial charge in [0.2, 0.25) is 0 Å². The quantitative estimate of drug-likeness (QED) is 0.867. The second kappa shape index (κ2) is 4.51. The molecule has 0 radical (unpaired) electrons. The molecule has 1 aromatic carbocycles. The zero-order valence-corrected chi connectivity index (χ0v) is 10.0. The Morgan fingerprint density at radius 1 is 1.50 bits per heavy atom. The van der Waals surface area contributed by atoms with Gasteiger partial charge in [-0.25, -0.2) is 0 Å². The van der Waals surface area contributed by atoms with Crippen molar-refractivity contribution in [1.29, 1.82) is 0 Å². The summed E-state index contributed by atoms with van der Waals surface area (Å²) >= 11 is 9.32. The van der Waals surface area contributed by atoms with Gasteiger partial charge in [-0.2, -0.15) is 0 Å². The van der Waals surface area contributed by atoms with Crippen LogP contribution in [0.25, 0.3) is 0 Å². The smallest absolute Gasteiger partial charge is 0.0549 e. The first-order valence-corrected chi connectivity index (χ1v) is 5.85. The minimum absolute atomic E-state index is 0.545. The summed E-state index contributed by atoms with van der Waals surface area (Å²) in [7, 11) is 0. The lowest BCUT2D eigenvalue weighted by Crippen LogP contribution is -2.21. The maximum Gasteiger partial charge on any atom is 0.0549 e. The normalized spacial score (nSPS) is 21.1. The molecule has 0 saturated carbocycles. The lowest BCUT2D eigenvalue weighted by molar-refractivity contribution is 0.793. The van der Waals surface area contributed by atoms with Crippen molar-refractivity contribution in [3.05, 3.63) is 27.7 Å². The van der Waals surface area contributed by atoms with Crippen LogP contribution in [0.1, 0.15) is 6.42 Å². The van der Waals surface area contributed by atoms with Crippen LogP contribution >= 0.6 is 27.5 Å². The molecule has 2 N–H and O–H groups in total. The van der Waals surface area contributed by atoms with Crippen LogP contribution in [0.15, 0.2) is 22.7 Å². The molecule has 1 aliphatic rings. The first-order chi connectivity index (χ1) is 6.75. The monoisotopic (exact) mass is 274 g/mol. The van der Waals surface area contributed by atoms with Gasteiger partial charge in [-0.05, 0) is 47.1 Å². The van der Waals surface area contributed by atoms with Gasteiger partial charge in [-0.3, -0.25) is 0 Å². The highest BCUT2D eigenvalue weighted by Gasteiger charge is 2.13.